The van der Waals surface area contributed by atoms with E-state index < -0.39 is 0 Å². The Morgan fingerprint density at radius 2 is 1.82 bits per heavy atom. The standard InChI is InChI=1S/C18H17ClN2O/c1-2-17(13-8-14-6-4-3-5-7-14)20-21-18(22)15-9-11-16(19)12-10-15/h3-13H,2H2,1H3,(H,21,22)/b13-8-,20-17-. The van der Waals surface area contributed by atoms with E-state index in [1.165, 1.54) is 0 Å². The highest BCUT2D eigenvalue weighted by Gasteiger charge is 2.03. The summed E-state index contributed by atoms with van der Waals surface area (Å²) in [5, 5.41) is 4.75. The Bertz CT molecular complexity index is 676. The van der Waals surface area contributed by atoms with E-state index in [-0.39, 0.29) is 5.91 Å². The van der Waals surface area contributed by atoms with Crippen molar-refractivity contribution in [2.45, 2.75) is 13.3 Å². The van der Waals surface area contributed by atoms with Crippen molar-refractivity contribution in [3.63, 3.8) is 0 Å². The zero-order valence-corrected chi connectivity index (χ0v) is 13.0. The first kappa shape index (κ1) is 16.0. The Labute approximate surface area is 135 Å². The summed E-state index contributed by atoms with van der Waals surface area (Å²) in [6.07, 6.45) is 4.60. The summed E-state index contributed by atoms with van der Waals surface area (Å²) in [5.74, 6) is -0.254. The lowest BCUT2D eigenvalue weighted by molar-refractivity contribution is 0.0955. The van der Waals surface area contributed by atoms with Crippen LogP contribution >= 0.6 is 11.6 Å². The monoisotopic (exact) mass is 312 g/mol. The van der Waals surface area contributed by atoms with Gasteiger partial charge in [0.25, 0.3) is 5.91 Å². The molecule has 0 heterocycles. The number of hydrazone groups is 1. The molecule has 1 amide bonds. The molecule has 0 aromatic heterocycles. The van der Waals surface area contributed by atoms with Crippen molar-refractivity contribution >= 4 is 29.3 Å². The molecular weight excluding hydrogens is 296 g/mol. The van der Waals surface area contributed by atoms with E-state index in [1.54, 1.807) is 24.3 Å². The quantitative estimate of drug-likeness (QED) is 0.638. The lowest BCUT2D eigenvalue weighted by Crippen LogP contribution is -2.19. The molecule has 0 saturated carbocycles. The number of nitrogens with zero attached hydrogens (tertiary/aromatic N) is 1. The van der Waals surface area contributed by atoms with Crippen LogP contribution in [0.4, 0.5) is 0 Å². The van der Waals surface area contributed by atoms with Gasteiger partial charge in [-0.05, 0) is 42.3 Å². The van der Waals surface area contributed by atoms with Crippen LogP contribution in [0.1, 0.15) is 29.3 Å². The highest BCUT2D eigenvalue weighted by molar-refractivity contribution is 6.30. The van der Waals surface area contributed by atoms with Crippen LogP contribution in [0.2, 0.25) is 5.02 Å². The van der Waals surface area contributed by atoms with Crippen LogP contribution in [0.15, 0.2) is 65.8 Å². The molecule has 0 fully saturated rings. The molecule has 0 radical (unpaired) electrons. The fraction of sp³-hybridized carbons (Fsp3) is 0.111. The number of carbonyl (C=O) groups excluding carboxylic acids is 1. The number of hydrogen-bond acceptors (Lipinski definition) is 2. The van der Waals surface area contributed by atoms with Gasteiger partial charge in [0.05, 0.1) is 5.71 Å². The first-order chi connectivity index (χ1) is 10.7. The maximum Gasteiger partial charge on any atom is 0.271 e. The maximum atomic E-state index is 12.0. The Morgan fingerprint density at radius 1 is 1.14 bits per heavy atom. The third-order valence-electron chi connectivity index (χ3n) is 3.04. The highest BCUT2D eigenvalue weighted by atomic mass is 35.5. The third-order valence-corrected chi connectivity index (χ3v) is 3.29. The molecule has 2 aromatic carbocycles. The molecule has 3 nitrogen and oxygen atoms in total. The molecule has 0 aliphatic heterocycles. The zero-order chi connectivity index (χ0) is 15.8. The van der Waals surface area contributed by atoms with Crippen LogP contribution in [0.25, 0.3) is 6.08 Å². The number of carbonyl (C=O) groups is 1. The Hall–Kier alpha value is -2.39. The molecule has 0 aliphatic carbocycles. The molecule has 0 atom stereocenters. The molecule has 2 aromatic rings. The number of allylic oxidation sites excluding steroid dienone is 1. The number of halogens is 1. The number of amides is 1. The van der Waals surface area contributed by atoms with Crippen LogP contribution in [-0.2, 0) is 0 Å². The fourth-order valence-electron chi connectivity index (χ4n) is 1.78. The molecule has 1 N–H and O–H groups in total. The van der Waals surface area contributed by atoms with Gasteiger partial charge in [-0.1, -0.05) is 54.9 Å². The van der Waals surface area contributed by atoms with Crippen molar-refractivity contribution in [2.75, 3.05) is 0 Å². The summed E-state index contributed by atoms with van der Waals surface area (Å²) in [5.41, 5.74) is 4.97. The number of hydrogen-bond donors (Lipinski definition) is 1. The minimum absolute atomic E-state index is 0.254. The van der Waals surface area contributed by atoms with Crippen molar-refractivity contribution in [2.24, 2.45) is 5.10 Å². The van der Waals surface area contributed by atoms with Crippen molar-refractivity contribution in [3.8, 4) is 0 Å². The average Bonchev–Trinajstić information content (AvgIpc) is 2.56. The SMILES string of the molecule is CCC(/C=C\c1ccccc1)=N/NC(=O)c1ccc(Cl)cc1. The molecule has 0 saturated heterocycles. The second-order valence-corrected chi connectivity index (χ2v) is 5.08. The van der Waals surface area contributed by atoms with Gasteiger partial charge in [-0.25, -0.2) is 5.43 Å². The third kappa shape index (κ3) is 4.86. The number of benzene rings is 2. The molecule has 4 heteroatoms. The summed E-state index contributed by atoms with van der Waals surface area (Å²) in [4.78, 5) is 12.0. The van der Waals surface area contributed by atoms with Gasteiger partial charge in [0.15, 0.2) is 0 Å². The van der Waals surface area contributed by atoms with E-state index >= 15 is 0 Å². The van der Waals surface area contributed by atoms with Gasteiger partial charge in [0.1, 0.15) is 0 Å². The van der Waals surface area contributed by atoms with Crippen molar-refractivity contribution in [1.29, 1.82) is 0 Å². The summed E-state index contributed by atoms with van der Waals surface area (Å²) in [6, 6.07) is 16.6. The molecular formula is C18H17ClN2O. The van der Waals surface area contributed by atoms with E-state index in [0.29, 0.717) is 10.6 Å². The smallest absolute Gasteiger partial charge is 0.267 e. The molecule has 0 bridgehead atoms. The largest absolute Gasteiger partial charge is 0.271 e. The van der Waals surface area contributed by atoms with Crippen LogP contribution in [0, 0.1) is 0 Å². The second-order valence-electron chi connectivity index (χ2n) is 4.65. The van der Waals surface area contributed by atoms with Gasteiger partial charge in [-0.15, -0.1) is 0 Å². The molecule has 22 heavy (non-hydrogen) atoms. The van der Waals surface area contributed by atoms with E-state index in [0.717, 1.165) is 17.7 Å². The van der Waals surface area contributed by atoms with Gasteiger partial charge < -0.3 is 0 Å². The van der Waals surface area contributed by atoms with E-state index in [4.69, 9.17) is 11.6 Å². The van der Waals surface area contributed by atoms with Crippen LogP contribution in [0.3, 0.4) is 0 Å². The fourth-order valence-corrected chi connectivity index (χ4v) is 1.91. The minimum atomic E-state index is -0.254. The van der Waals surface area contributed by atoms with Gasteiger partial charge in [-0.3, -0.25) is 4.79 Å². The minimum Gasteiger partial charge on any atom is -0.267 e. The van der Waals surface area contributed by atoms with Crippen LogP contribution in [0.5, 0.6) is 0 Å². The molecule has 112 valence electrons. The van der Waals surface area contributed by atoms with Crippen molar-refractivity contribution in [1.82, 2.24) is 5.43 Å². The molecule has 0 unspecified atom stereocenters. The van der Waals surface area contributed by atoms with Gasteiger partial charge in [0, 0.05) is 10.6 Å². The highest BCUT2D eigenvalue weighted by Crippen LogP contribution is 2.09. The maximum absolute atomic E-state index is 12.0. The first-order valence-corrected chi connectivity index (χ1v) is 7.42. The Morgan fingerprint density at radius 3 is 2.45 bits per heavy atom. The van der Waals surface area contributed by atoms with E-state index in [9.17, 15) is 4.79 Å². The summed E-state index contributed by atoms with van der Waals surface area (Å²) in [6.45, 7) is 1.99. The summed E-state index contributed by atoms with van der Waals surface area (Å²) < 4.78 is 0. The average molecular weight is 313 g/mol. The molecule has 2 rings (SSSR count). The van der Waals surface area contributed by atoms with E-state index in [2.05, 4.69) is 10.5 Å². The summed E-state index contributed by atoms with van der Waals surface area (Å²) in [7, 11) is 0. The van der Waals surface area contributed by atoms with Gasteiger partial charge in [-0.2, -0.15) is 5.10 Å². The zero-order valence-electron chi connectivity index (χ0n) is 12.3. The van der Waals surface area contributed by atoms with Crippen LogP contribution < -0.4 is 5.43 Å². The topological polar surface area (TPSA) is 41.5 Å². The van der Waals surface area contributed by atoms with Crippen molar-refractivity contribution in [3.05, 3.63) is 76.8 Å². The van der Waals surface area contributed by atoms with Crippen LogP contribution in [-0.4, -0.2) is 11.6 Å². The molecule has 0 aliphatic rings. The molecule has 0 spiro atoms. The van der Waals surface area contributed by atoms with Crippen molar-refractivity contribution < 1.29 is 4.79 Å². The Kier molecular flexibility index (Phi) is 5.92. The number of nitrogens with one attached hydrogen (secondary N) is 1. The Balaban J connectivity index is 2.01. The van der Waals surface area contributed by atoms with Gasteiger partial charge in [0.2, 0.25) is 0 Å². The first-order valence-electron chi connectivity index (χ1n) is 7.04. The lowest BCUT2D eigenvalue weighted by atomic mass is 10.2. The summed E-state index contributed by atoms with van der Waals surface area (Å²) >= 11 is 5.80. The predicted octanol–water partition coefficient (Wildman–Crippen LogP) is 4.55. The lowest BCUT2D eigenvalue weighted by Gasteiger charge is -2.02. The predicted molar refractivity (Wildman–Crippen MR) is 92.1 cm³/mol. The van der Waals surface area contributed by atoms with Gasteiger partial charge >= 0.3 is 0 Å². The van der Waals surface area contributed by atoms with E-state index in [1.807, 2.05) is 49.4 Å². The second kappa shape index (κ2) is 8.15. The normalized spacial score (nSPS) is 11.6. The number of rotatable bonds is 5.